The summed E-state index contributed by atoms with van der Waals surface area (Å²) in [6, 6.07) is 2.12. The average Bonchev–Trinajstić information content (AvgIpc) is 3.14. The molecule has 2 nitrogen and oxygen atoms in total. The van der Waals surface area contributed by atoms with Crippen molar-refractivity contribution >= 4 is 8.32 Å². The molecule has 1 aromatic heterocycles. The minimum Gasteiger partial charge on any atom is -0.472 e. The van der Waals surface area contributed by atoms with Gasteiger partial charge < -0.3 is 8.84 Å². The van der Waals surface area contributed by atoms with Crippen molar-refractivity contribution in [2.45, 2.75) is 105 Å². The van der Waals surface area contributed by atoms with Crippen LogP contribution in [0.5, 0.6) is 0 Å². The zero-order chi connectivity index (χ0) is 21.7. The van der Waals surface area contributed by atoms with Crippen LogP contribution in [0.2, 0.25) is 18.1 Å². The Bertz CT molecular complexity index is 726. The molecule has 0 amide bonds. The Kier molecular flexibility index (Phi) is 6.08. The van der Waals surface area contributed by atoms with Gasteiger partial charge in [-0.15, -0.1) is 0 Å². The Balaban J connectivity index is 1.96. The Morgan fingerprint density at radius 3 is 2.52 bits per heavy atom. The van der Waals surface area contributed by atoms with E-state index in [1.807, 2.05) is 12.5 Å². The minimum atomic E-state index is -1.89. The fourth-order valence-corrected chi connectivity index (χ4v) is 7.16. The number of furan rings is 1. The first-order chi connectivity index (χ1) is 13.3. The maximum absolute atomic E-state index is 7.07. The lowest BCUT2D eigenvalue weighted by molar-refractivity contribution is -0.0682. The lowest BCUT2D eigenvalue weighted by Gasteiger charge is -2.59. The van der Waals surface area contributed by atoms with E-state index in [9.17, 15) is 0 Å². The van der Waals surface area contributed by atoms with Crippen molar-refractivity contribution < 1.29 is 8.84 Å². The molecule has 0 bridgehead atoms. The van der Waals surface area contributed by atoms with Gasteiger partial charge in [-0.2, -0.15) is 0 Å². The van der Waals surface area contributed by atoms with E-state index in [4.69, 9.17) is 8.84 Å². The predicted molar refractivity (Wildman–Crippen MR) is 125 cm³/mol. The highest BCUT2D eigenvalue weighted by atomic mass is 28.4. The van der Waals surface area contributed by atoms with Crippen molar-refractivity contribution in [1.82, 2.24) is 0 Å². The molecular weight excluding hydrogens is 372 g/mol. The van der Waals surface area contributed by atoms with Gasteiger partial charge in [0.2, 0.25) is 0 Å². The molecule has 0 aliphatic heterocycles. The molecule has 2 aliphatic rings. The van der Waals surface area contributed by atoms with Gasteiger partial charge in [-0.05, 0) is 85.9 Å². The topological polar surface area (TPSA) is 22.4 Å². The molecule has 1 fully saturated rings. The Morgan fingerprint density at radius 2 is 1.93 bits per heavy atom. The third kappa shape index (κ3) is 4.06. The van der Waals surface area contributed by atoms with Crippen LogP contribution >= 0.6 is 0 Å². The maximum Gasteiger partial charge on any atom is 0.192 e. The molecule has 2 aliphatic carbocycles. The van der Waals surface area contributed by atoms with Crippen molar-refractivity contribution in [1.29, 1.82) is 0 Å². The summed E-state index contributed by atoms with van der Waals surface area (Å²) in [6.45, 7) is 21.7. The second-order valence-corrected chi connectivity index (χ2v) is 16.8. The monoisotopic (exact) mass is 416 g/mol. The zero-order valence-electron chi connectivity index (χ0n) is 20.4. The fourth-order valence-electron chi connectivity index (χ4n) is 5.87. The van der Waals surface area contributed by atoms with Crippen LogP contribution in [-0.4, -0.2) is 8.32 Å². The summed E-state index contributed by atoms with van der Waals surface area (Å²) in [4.78, 5) is 0. The van der Waals surface area contributed by atoms with Crippen molar-refractivity contribution in [2.24, 2.45) is 22.7 Å². The molecule has 1 aromatic rings. The van der Waals surface area contributed by atoms with Gasteiger partial charge >= 0.3 is 0 Å². The second kappa shape index (κ2) is 7.71. The lowest BCUT2D eigenvalue weighted by atomic mass is 9.47. The number of fused-ring (bicyclic) bond motifs is 1. The van der Waals surface area contributed by atoms with Crippen LogP contribution in [0.25, 0.3) is 0 Å². The van der Waals surface area contributed by atoms with E-state index in [1.54, 1.807) is 5.57 Å². The van der Waals surface area contributed by atoms with Gasteiger partial charge in [0.1, 0.15) is 0 Å². The summed E-state index contributed by atoms with van der Waals surface area (Å²) in [5.41, 5.74) is 3.46. The standard InChI is InChI=1S/C26H44O2Si/c1-19-11-10-12-23-25(19,6)15-13-20(2)26(23,7)17-22(21-14-16-27-18-21)28-29(8,9)24(3,4)5/h11,14,16,18,20,22-23H,10,12-13,15,17H2,1-9H3/t20-,22+,23+,25+,26+/m1/s1. The van der Waals surface area contributed by atoms with E-state index < -0.39 is 8.32 Å². The van der Waals surface area contributed by atoms with Gasteiger partial charge in [0.05, 0.1) is 18.6 Å². The number of allylic oxidation sites excluding steroid dienone is 2. The molecule has 29 heavy (non-hydrogen) atoms. The van der Waals surface area contributed by atoms with Crippen molar-refractivity contribution in [2.75, 3.05) is 0 Å². The van der Waals surface area contributed by atoms with Gasteiger partial charge in [0, 0.05) is 5.56 Å². The summed E-state index contributed by atoms with van der Waals surface area (Å²) in [5, 5.41) is 0.201. The quantitative estimate of drug-likeness (QED) is 0.354. The molecule has 1 saturated carbocycles. The van der Waals surface area contributed by atoms with Gasteiger partial charge in [0.15, 0.2) is 8.32 Å². The highest BCUT2D eigenvalue weighted by Crippen LogP contribution is 2.63. The molecule has 0 spiro atoms. The largest absolute Gasteiger partial charge is 0.472 e. The van der Waals surface area contributed by atoms with E-state index in [1.165, 1.54) is 31.2 Å². The van der Waals surface area contributed by atoms with Gasteiger partial charge in [-0.1, -0.05) is 53.2 Å². The van der Waals surface area contributed by atoms with Crippen molar-refractivity contribution in [3.8, 4) is 0 Å². The molecule has 3 heteroatoms. The van der Waals surface area contributed by atoms with Crippen LogP contribution < -0.4 is 0 Å². The molecule has 5 atom stereocenters. The first-order valence-electron chi connectivity index (χ1n) is 11.7. The summed E-state index contributed by atoms with van der Waals surface area (Å²) in [5.74, 6) is 1.44. The van der Waals surface area contributed by atoms with Gasteiger partial charge in [0.25, 0.3) is 0 Å². The van der Waals surface area contributed by atoms with Gasteiger partial charge in [-0.3, -0.25) is 0 Å². The smallest absolute Gasteiger partial charge is 0.192 e. The minimum absolute atomic E-state index is 0.121. The molecular formula is C26H44O2Si. The normalized spacial score (nSPS) is 34.4. The number of hydrogen-bond donors (Lipinski definition) is 0. The van der Waals surface area contributed by atoms with E-state index >= 15 is 0 Å². The van der Waals surface area contributed by atoms with Crippen molar-refractivity contribution in [3.05, 3.63) is 35.8 Å². The maximum atomic E-state index is 7.07. The van der Waals surface area contributed by atoms with Gasteiger partial charge in [-0.25, -0.2) is 0 Å². The summed E-state index contributed by atoms with van der Waals surface area (Å²) in [7, 11) is -1.89. The SMILES string of the molecule is CC1=CCC[C@@H]2[C@@](C)(C[C@H](O[Si](C)(C)C(C)(C)C)c3ccoc3)[C@H](C)CC[C@@]12C. The molecule has 0 aromatic carbocycles. The number of hydrogen-bond acceptors (Lipinski definition) is 2. The summed E-state index contributed by atoms with van der Waals surface area (Å²) in [6.07, 6.45) is 12.6. The van der Waals surface area contributed by atoms with Crippen LogP contribution in [0.4, 0.5) is 0 Å². The van der Waals surface area contributed by atoms with E-state index in [0.29, 0.717) is 11.3 Å². The molecule has 0 N–H and O–H groups in total. The van der Waals surface area contributed by atoms with E-state index in [2.05, 4.69) is 73.7 Å². The molecule has 0 unspecified atom stereocenters. The molecule has 3 rings (SSSR count). The van der Waals surface area contributed by atoms with E-state index in [-0.39, 0.29) is 16.6 Å². The highest BCUT2D eigenvalue weighted by Gasteiger charge is 2.54. The number of rotatable bonds is 5. The fraction of sp³-hybridized carbons (Fsp3) is 0.769. The molecule has 164 valence electrons. The summed E-state index contributed by atoms with van der Waals surface area (Å²) < 4.78 is 12.6. The Morgan fingerprint density at radius 1 is 1.24 bits per heavy atom. The molecule has 0 radical (unpaired) electrons. The lowest BCUT2D eigenvalue weighted by Crippen LogP contribution is -2.51. The third-order valence-corrected chi connectivity index (χ3v) is 13.9. The average molecular weight is 417 g/mol. The molecule has 1 heterocycles. The van der Waals surface area contributed by atoms with Crippen molar-refractivity contribution in [3.63, 3.8) is 0 Å². The first-order valence-corrected chi connectivity index (χ1v) is 14.6. The molecule has 0 saturated heterocycles. The van der Waals surface area contributed by atoms with Crippen LogP contribution in [0.3, 0.4) is 0 Å². The van der Waals surface area contributed by atoms with Crippen LogP contribution in [0, 0.1) is 22.7 Å². The van der Waals surface area contributed by atoms with Crippen LogP contribution in [0.15, 0.2) is 34.7 Å². The Hall–Kier alpha value is -0.803. The zero-order valence-corrected chi connectivity index (χ0v) is 21.4. The van der Waals surface area contributed by atoms with E-state index in [0.717, 1.165) is 12.3 Å². The second-order valence-electron chi connectivity index (χ2n) is 12.0. The predicted octanol–water partition coefficient (Wildman–Crippen LogP) is 8.53. The Labute approximate surface area is 180 Å². The van der Waals surface area contributed by atoms with Crippen LogP contribution in [0.1, 0.15) is 92.2 Å². The highest BCUT2D eigenvalue weighted by molar-refractivity contribution is 6.74. The first kappa shape index (κ1) is 22.9. The summed E-state index contributed by atoms with van der Waals surface area (Å²) >= 11 is 0. The van der Waals surface area contributed by atoms with Crippen LogP contribution in [-0.2, 0) is 4.43 Å². The third-order valence-electron chi connectivity index (χ3n) is 9.38.